The highest BCUT2D eigenvalue weighted by Crippen LogP contribution is 2.44. The summed E-state index contributed by atoms with van der Waals surface area (Å²) in [5.41, 5.74) is 0.532. The highest BCUT2D eigenvalue weighted by molar-refractivity contribution is 8.00. The second-order valence-corrected chi connectivity index (χ2v) is 5.93. The average Bonchev–Trinajstić information content (AvgIpc) is 2.31. The van der Waals surface area contributed by atoms with E-state index in [9.17, 15) is 0 Å². The van der Waals surface area contributed by atoms with Gasteiger partial charge >= 0.3 is 0 Å². The van der Waals surface area contributed by atoms with E-state index in [1.807, 2.05) is 0 Å². The van der Waals surface area contributed by atoms with Crippen LogP contribution in [0.3, 0.4) is 0 Å². The molecule has 1 saturated heterocycles. The predicted octanol–water partition coefficient (Wildman–Crippen LogP) is 3.56. The summed E-state index contributed by atoms with van der Waals surface area (Å²) in [4.78, 5) is 0. The molecule has 1 aliphatic rings. The second-order valence-electron chi connectivity index (χ2n) is 4.58. The fourth-order valence-corrected chi connectivity index (χ4v) is 3.75. The van der Waals surface area contributed by atoms with Gasteiger partial charge in [0, 0.05) is 5.25 Å². The van der Waals surface area contributed by atoms with E-state index in [1.54, 1.807) is 0 Å². The maximum Gasteiger partial charge on any atom is 0.00779 e. The molecule has 0 aromatic heterocycles. The third-order valence-corrected chi connectivity index (χ3v) is 4.29. The van der Waals surface area contributed by atoms with E-state index in [0.717, 1.165) is 11.2 Å². The van der Waals surface area contributed by atoms with Gasteiger partial charge in [-0.1, -0.05) is 27.7 Å². The first-order chi connectivity index (χ1) is 5.05. The van der Waals surface area contributed by atoms with Gasteiger partial charge in [-0.25, -0.2) is 0 Å². The second kappa shape index (κ2) is 3.38. The van der Waals surface area contributed by atoms with Gasteiger partial charge in [0.2, 0.25) is 0 Å². The summed E-state index contributed by atoms with van der Waals surface area (Å²) in [6.45, 7) is 9.46. The van der Waals surface area contributed by atoms with E-state index in [2.05, 4.69) is 39.5 Å². The molecule has 2 atom stereocenters. The molecule has 0 aromatic carbocycles. The van der Waals surface area contributed by atoms with Gasteiger partial charge in [0.15, 0.2) is 0 Å². The van der Waals surface area contributed by atoms with Crippen LogP contribution in [0.15, 0.2) is 0 Å². The van der Waals surface area contributed by atoms with Gasteiger partial charge in [-0.3, -0.25) is 0 Å². The van der Waals surface area contributed by atoms with Gasteiger partial charge in [-0.15, -0.1) is 0 Å². The molecule has 0 saturated carbocycles. The molecule has 0 radical (unpaired) electrons. The normalized spacial score (nSPS) is 32.7. The molecule has 0 nitrogen and oxygen atoms in total. The van der Waals surface area contributed by atoms with Gasteiger partial charge in [-0.05, 0) is 29.9 Å². The first-order valence-electron chi connectivity index (χ1n) is 4.67. The van der Waals surface area contributed by atoms with Gasteiger partial charge in [0.1, 0.15) is 0 Å². The molecular weight excluding hydrogens is 152 g/mol. The van der Waals surface area contributed by atoms with Crippen LogP contribution in [-0.4, -0.2) is 11.0 Å². The minimum absolute atomic E-state index is 0.532. The zero-order valence-corrected chi connectivity index (χ0v) is 9.00. The Hall–Kier alpha value is 0.350. The lowest BCUT2D eigenvalue weighted by Gasteiger charge is -2.31. The molecule has 0 aromatic rings. The minimum Gasteiger partial charge on any atom is -0.158 e. The van der Waals surface area contributed by atoms with Crippen LogP contribution in [0, 0.1) is 11.3 Å². The van der Waals surface area contributed by atoms with Crippen molar-refractivity contribution in [3.05, 3.63) is 0 Å². The maximum atomic E-state index is 2.38. The van der Waals surface area contributed by atoms with Crippen molar-refractivity contribution in [2.75, 3.05) is 5.75 Å². The van der Waals surface area contributed by atoms with Crippen molar-refractivity contribution in [2.45, 2.75) is 45.8 Å². The maximum absolute atomic E-state index is 2.38. The van der Waals surface area contributed by atoms with Crippen LogP contribution < -0.4 is 0 Å². The third-order valence-electron chi connectivity index (χ3n) is 2.72. The lowest BCUT2D eigenvalue weighted by Crippen LogP contribution is -2.25. The smallest absolute Gasteiger partial charge is 0.00779 e. The molecule has 0 N–H and O–H groups in total. The first kappa shape index (κ1) is 9.44. The van der Waals surface area contributed by atoms with E-state index in [0.29, 0.717) is 5.41 Å². The largest absolute Gasteiger partial charge is 0.158 e. The third kappa shape index (κ3) is 2.14. The Morgan fingerprint density at radius 1 is 1.36 bits per heavy atom. The molecule has 1 heterocycles. The molecule has 1 fully saturated rings. The fourth-order valence-electron chi connectivity index (χ4n) is 2.04. The molecule has 66 valence electrons. The van der Waals surface area contributed by atoms with Crippen molar-refractivity contribution < 1.29 is 0 Å². The molecule has 1 heteroatoms. The monoisotopic (exact) mass is 172 g/mol. The van der Waals surface area contributed by atoms with E-state index < -0.39 is 0 Å². The van der Waals surface area contributed by atoms with Crippen LogP contribution in [0.2, 0.25) is 0 Å². The summed E-state index contributed by atoms with van der Waals surface area (Å²) in [7, 11) is 0. The van der Waals surface area contributed by atoms with Crippen LogP contribution >= 0.6 is 11.8 Å². The molecule has 1 rings (SSSR count). The molecule has 11 heavy (non-hydrogen) atoms. The Morgan fingerprint density at radius 3 is 2.36 bits per heavy atom. The van der Waals surface area contributed by atoms with Crippen molar-refractivity contribution in [1.82, 2.24) is 0 Å². The Morgan fingerprint density at radius 2 is 2.00 bits per heavy atom. The summed E-state index contributed by atoms with van der Waals surface area (Å²) < 4.78 is 0. The van der Waals surface area contributed by atoms with Crippen molar-refractivity contribution in [3.8, 4) is 0 Å². The van der Waals surface area contributed by atoms with E-state index in [1.165, 1.54) is 18.6 Å². The molecule has 0 amide bonds. The number of rotatable bonds is 1. The summed E-state index contributed by atoms with van der Waals surface area (Å²) in [5, 5.41) is 0.940. The SMILES string of the molecule is CCC1SCCC1C(C)(C)C. The number of thioether (sulfide) groups is 1. The summed E-state index contributed by atoms with van der Waals surface area (Å²) in [5.74, 6) is 2.35. The van der Waals surface area contributed by atoms with Crippen molar-refractivity contribution >= 4 is 11.8 Å². The van der Waals surface area contributed by atoms with E-state index >= 15 is 0 Å². The molecule has 0 bridgehead atoms. The topological polar surface area (TPSA) is 0 Å². The van der Waals surface area contributed by atoms with Crippen LogP contribution in [0.5, 0.6) is 0 Å². The molecule has 1 aliphatic heterocycles. The molecule has 0 spiro atoms. The minimum atomic E-state index is 0.532. The highest BCUT2D eigenvalue weighted by atomic mass is 32.2. The molecular formula is C10H20S. The predicted molar refractivity (Wildman–Crippen MR) is 54.1 cm³/mol. The van der Waals surface area contributed by atoms with Crippen molar-refractivity contribution in [3.63, 3.8) is 0 Å². The quantitative estimate of drug-likeness (QED) is 0.583. The summed E-state index contributed by atoms with van der Waals surface area (Å²) in [6.07, 6.45) is 2.79. The lowest BCUT2D eigenvalue weighted by molar-refractivity contribution is 0.235. The van der Waals surface area contributed by atoms with E-state index in [-0.39, 0.29) is 0 Å². The van der Waals surface area contributed by atoms with Crippen LogP contribution in [0.4, 0.5) is 0 Å². The first-order valence-corrected chi connectivity index (χ1v) is 5.72. The van der Waals surface area contributed by atoms with Crippen molar-refractivity contribution in [1.29, 1.82) is 0 Å². The van der Waals surface area contributed by atoms with Crippen LogP contribution in [-0.2, 0) is 0 Å². The Kier molecular flexibility index (Phi) is 2.90. The Bertz CT molecular complexity index is 123. The zero-order chi connectivity index (χ0) is 8.48. The Balaban J connectivity index is 2.57. The average molecular weight is 172 g/mol. The van der Waals surface area contributed by atoms with Crippen LogP contribution in [0.1, 0.15) is 40.5 Å². The summed E-state index contributed by atoms with van der Waals surface area (Å²) >= 11 is 2.18. The summed E-state index contributed by atoms with van der Waals surface area (Å²) in [6, 6.07) is 0. The zero-order valence-electron chi connectivity index (χ0n) is 8.18. The van der Waals surface area contributed by atoms with Gasteiger partial charge in [-0.2, -0.15) is 11.8 Å². The van der Waals surface area contributed by atoms with Gasteiger partial charge < -0.3 is 0 Å². The number of hydrogen-bond acceptors (Lipinski definition) is 1. The highest BCUT2D eigenvalue weighted by Gasteiger charge is 2.34. The molecule has 0 aliphatic carbocycles. The Labute approximate surface area is 75.1 Å². The van der Waals surface area contributed by atoms with Crippen LogP contribution in [0.25, 0.3) is 0 Å². The van der Waals surface area contributed by atoms with Gasteiger partial charge in [0.25, 0.3) is 0 Å². The lowest BCUT2D eigenvalue weighted by atomic mass is 9.77. The molecule has 2 unspecified atom stereocenters. The fraction of sp³-hybridized carbons (Fsp3) is 1.00. The standard InChI is InChI=1S/C10H20S/c1-5-9-8(6-7-11-9)10(2,3)4/h8-9H,5-7H2,1-4H3. The van der Waals surface area contributed by atoms with Gasteiger partial charge in [0.05, 0.1) is 0 Å². The van der Waals surface area contributed by atoms with Crippen molar-refractivity contribution in [2.24, 2.45) is 11.3 Å². The number of hydrogen-bond donors (Lipinski definition) is 0. The van der Waals surface area contributed by atoms with E-state index in [4.69, 9.17) is 0 Å².